The van der Waals surface area contributed by atoms with Crippen molar-refractivity contribution in [2.75, 3.05) is 13.2 Å². The lowest BCUT2D eigenvalue weighted by Crippen LogP contribution is -2.28. The van der Waals surface area contributed by atoms with Crippen molar-refractivity contribution in [1.29, 1.82) is 0 Å². The van der Waals surface area contributed by atoms with Gasteiger partial charge in [-0.2, -0.15) is 4.99 Å². The molecule has 3 rings (SSSR count). The quantitative estimate of drug-likeness (QED) is 0.742. The first-order valence-electron chi connectivity index (χ1n) is 5.28. The van der Waals surface area contributed by atoms with Gasteiger partial charge in [0, 0.05) is 0 Å². The van der Waals surface area contributed by atoms with Gasteiger partial charge in [-0.1, -0.05) is 6.07 Å². The molecule has 2 aliphatic heterocycles. The largest absolute Gasteiger partial charge is 0.486 e. The third-order valence-electron chi connectivity index (χ3n) is 2.69. The van der Waals surface area contributed by atoms with E-state index in [1.165, 1.54) is 0 Å². The molecular weight excluding hydrogens is 222 g/mol. The van der Waals surface area contributed by atoms with Crippen molar-refractivity contribution in [3.63, 3.8) is 0 Å². The van der Waals surface area contributed by atoms with Crippen molar-refractivity contribution in [3.05, 3.63) is 23.8 Å². The number of benzene rings is 1. The molecule has 6 nitrogen and oxygen atoms in total. The van der Waals surface area contributed by atoms with Gasteiger partial charge >= 0.3 is 6.03 Å². The summed E-state index contributed by atoms with van der Waals surface area (Å²) in [4.78, 5) is 14.7. The molecule has 0 saturated carbocycles. The van der Waals surface area contributed by atoms with E-state index in [2.05, 4.69) is 10.3 Å². The number of nitrogens with one attached hydrogen (secondary N) is 1. The third kappa shape index (κ3) is 1.67. The van der Waals surface area contributed by atoms with Crippen LogP contribution in [0.1, 0.15) is 11.6 Å². The lowest BCUT2D eigenvalue weighted by Gasteiger charge is -2.20. The fourth-order valence-electron chi connectivity index (χ4n) is 1.91. The first kappa shape index (κ1) is 9.95. The number of amides is 2. The zero-order valence-electron chi connectivity index (χ0n) is 8.97. The van der Waals surface area contributed by atoms with Gasteiger partial charge < -0.3 is 20.5 Å². The molecule has 2 aliphatic rings. The molecule has 0 aromatic heterocycles. The van der Waals surface area contributed by atoms with Gasteiger partial charge in [-0.25, -0.2) is 4.79 Å². The second-order valence-corrected chi connectivity index (χ2v) is 3.82. The highest BCUT2D eigenvalue weighted by atomic mass is 16.6. The predicted octanol–water partition coefficient (Wildman–Crippen LogP) is 0.579. The summed E-state index contributed by atoms with van der Waals surface area (Å²) in [5.74, 6) is 1.65. The maximum atomic E-state index is 11.1. The van der Waals surface area contributed by atoms with Gasteiger partial charge in [0.1, 0.15) is 25.1 Å². The van der Waals surface area contributed by atoms with E-state index in [1.807, 2.05) is 18.2 Å². The Morgan fingerprint density at radius 3 is 2.76 bits per heavy atom. The van der Waals surface area contributed by atoms with E-state index in [0.29, 0.717) is 24.7 Å². The van der Waals surface area contributed by atoms with Gasteiger partial charge in [-0.05, 0) is 17.7 Å². The summed E-state index contributed by atoms with van der Waals surface area (Å²) in [6, 6.07) is 4.67. The number of carbonyl (C=O) groups excluding carboxylic acids is 1. The SMILES string of the molecule is NC1=NC(=O)NC1c1ccc2c(c1)OCCO2. The van der Waals surface area contributed by atoms with E-state index in [4.69, 9.17) is 15.2 Å². The number of aliphatic imine (C=N–C) groups is 1. The molecule has 2 amide bonds. The van der Waals surface area contributed by atoms with Crippen LogP contribution in [0.3, 0.4) is 0 Å². The van der Waals surface area contributed by atoms with Gasteiger partial charge in [0.2, 0.25) is 0 Å². The normalized spacial score (nSPS) is 22.0. The highest BCUT2D eigenvalue weighted by molar-refractivity contribution is 6.03. The van der Waals surface area contributed by atoms with E-state index in [1.54, 1.807) is 0 Å². The molecule has 1 aromatic carbocycles. The number of carbonyl (C=O) groups is 1. The molecule has 17 heavy (non-hydrogen) atoms. The standard InChI is InChI=1S/C11H11N3O3/c12-10-9(13-11(15)14-10)6-1-2-7-8(5-6)17-4-3-16-7/h1-2,5,9H,3-4H2,(H3,12,13,14,15). The minimum absolute atomic E-state index is 0.270. The van der Waals surface area contributed by atoms with Crippen LogP contribution in [0.5, 0.6) is 11.5 Å². The molecule has 0 fully saturated rings. The number of fused-ring (bicyclic) bond motifs is 1. The van der Waals surface area contributed by atoms with Crippen molar-refractivity contribution in [3.8, 4) is 11.5 Å². The summed E-state index contributed by atoms with van der Waals surface area (Å²) in [5, 5.41) is 2.66. The number of hydrogen-bond acceptors (Lipinski definition) is 4. The van der Waals surface area contributed by atoms with Crippen LogP contribution in [-0.4, -0.2) is 25.1 Å². The van der Waals surface area contributed by atoms with Crippen molar-refractivity contribution in [2.45, 2.75) is 6.04 Å². The molecule has 0 bridgehead atoms. The van der Waals surface area contributed by atoms with Crippen molar-refractivity contribution in [1.82, 2.24) is 5.32 Å². The van der Waals surface area contributed by atoms with Gasteiger partial charge in [-0.15, -0.1) is 0 Å². The second kappa shape index (κ2) is 3.65. The maximum absolute atomic E-state index is 11.1. The first-order chi connectivity index (χ1) is 8.24. The van der Waals surface area contributed by atoms with Crippen LogP contribution < -0.4 is 20.5 Å². The molecule has 0 aliphatic carbocycles. The first-order valence-corrected chi connectivity index (χ1v) is 5.28. The molecule has 1 aromatic rings. The summed E-state index contributed by atoms with van der Waals surface area (Å²) in [5.41, 5.74) is 6.51. The molecule has 88 valence electrons. The topological polar surface area (TPSA) is 85.9 Å². The Balaban J connectivity index is 1.94. The lowest BCUT2D eigenvalue weighted by atomic mass is 10.1. The number of urea groups is 1. The Morgan fingerprint density at radius 1 is 1.29 bits per heavy atom. The molecule has 1 unspecified atom stereocenters. The van der Waals surface area contributed by atoms with E-state index >= 15 is 0 Å². The van der Waals surface area contributed by atoms with Crippen LogP contribution in [0.2, 0.25) is 0 Å². The van der Waals surface area contributed by atoms with Crippen LogP contribution in [0.25, 0.3) is 0 Å². The number of nitrogens with zero attached hydrogens (tertiary/aromatic N) is 1. The predicted molar refractivity (Wildman–Crippen MR) is 60.3 cm³/mol. The summed E-state index contributed by atoms with van der Waals surface area (Å²) in [6.45, 7) is 1.08. The smallest absolute Gasteiger partial charge is 0.343 e. The van der Waals surface area contributed by atoms with Crippen molar-refractivity contribution < 1.29 is 14.3 Å². The van der Waals surface area contributed by atoms with Gasteiger partial charge in [-0.3, -0.25) is 0 Å². The minimum atomic E-state index is -0.414. The number of amidine groups is 1. The fraction of sp³-hybridized carbons (Fsp3) is 0.273. The van der Waals surface area contributed by atoms with Crippen LogP contribution in [-0.2, 0) is 0 Å². The highest BCUT2D eigenvalue weighted by Gasteiger charge is 2.26. The second-order valence-electron chi connectivity index (χ2n) is 3.82. The van der Waals surface area contributed by atoms with Gasteiger partial charge in [0.05, 0.1) is 0 Å². The van der Waals surface area contributed by atoms with Crippen LogP contribution in [0.15, 0.2) is 23.2 Å². The molecular formula is C11H11N3O3. The summed E-state index contributed by atoms with van der Waals surface area (Å²) in [6.07, 6.45) is 0. The summed E-state index contributed by atoms with van der Waals surface area (Å²) < 4.78 is 10.9. The van der Waals surface area contributed by atoms with E-state index < -0.39 is 6.03 Å². The Labute approximate surface area is 97.4 Å². The van der Waals surface area contributed by atoms with Crippen LogP contribution >= 0.6 is 0 Å². The summed E-state index contributed by atoms with van der Waals surface area (Å²) in [7, 11) is 0. The number of nitrogens with two attached hydrogens (primary N) is 1. The fourth-order valence-corrected chi connectivity index (χ4v) is 1.91. The maximum Gasteiger partial charge on any atom is 0.343 e. The molecule has 6 heteroatoms. The lowest BCUT2D eigenvalue weighted by molar-refractivity contribution is 0.171. The number of hydrogen-bond donors (Lipinski definition) is 2. The Kier molecular flexibility index (Phi) is 2.14. The molecule has 0 radical (unpaired) electrons. The zero-order chi connectivity index (χ0) is 11.8. The summed E-state index contributed by atoms with van der Waals surface area (Å²) >= 11 is 0. The minimum Gasteiger partial charge on any atom is -0.486 e. The van der Waals surface area contributed by atoms with E-state index in [-0.39, 0.29) is 11.9 Å². The number of rotatable bonds is 1. The zero-order valence-corrected chi connectivity index (χ0v) is 8.97. The third-order valence-corrected chi connectivity index (χ3v) is 2.69. The Hall–Kier alpha value is -2.24. The van der Waals surface area contributed by atoms with Crippen molar-refractivity contribution >= 4 is 11.9 Å². The van der Waals surface area contributed by atoms with Crippen molar-refractivity contribution in [2.24, 2.45) is 10.7 Å². The van der Waals surface area contributed by atoms with Crippen LogP contribution in [0, 0.1) is 0 Å². The van der Waals surface area contributed by atoms with Crippen LogP contribution in [0.4, 0.5) is 4.79 Å². The highest BCUT2D eigenvalue weighted by Crippen LogP contribution is 2.33. The molecule has 3 N–H and O–H groups in total. The molecule has 0 spiro atoms. The average molecular weight is 233 g/mol. The average Bonchev–Trinajstić information content (AvgIpc) is 2.68. The van der Waals surface area contributed by atoms with E-state index in [9.17, 15) is 4.79 Å². The molecule has 2 heterocycles. The monoisotopic (exact) mass is 233 g/mol. The van der Waals surface area contributed by atoms with Gasteiger partial charge in [0.15, 0.2) is 11.5 Å². The van der Waals surface area contributed by atoms with E-state index in [0.717, 1.165) is 5.56 Å². The Morgan fingerprint density at radius 2 is 2.06 bits per heavy atom. The molecule has 0 saturated heterocycles. The Bertz CT molecular complexity index is 513. The number of ether oxygens (including phenoxy) is 2. The molecule has 1 atom stereocenters. The van der Waals surface area contributed by atoms with Gasteiger partial charge in [0.25, 0.3) is 0 Å².